The molecule has 0 saturated carbocycles. The highest BCUT2D eigenvalue weighted by molar-refractivity contribution is 6.16. The van der Waals surface area contributed by atoms with Crippen molar-refractivity contribution in [2.45, 2.75) is 0 Å². The Labute approximate surface area is 350 Å². The number of rotatable bonds is 8. The Balaban J connectivity index is 0.999. The molecule has 0 saturated heterocycles. The number of nitrogens with zero attached hydrogens (tertiary/aromatic N) is 2. The summed E-state index contributed by atoms with van der Waals surface area (Å²) in [5.74, 6) is 0. The smallest absolute Gasteiger partial charge is 0.0547 e. The van der Waals surface area contributed by atoms with Gasteiger partial charge < -0.3 is 9.47 Å². The van der Waals surface area contributed by atoms with Crippen LogP contribution in [-0.4, -0.2) is 4.57 Å². The highest BCUT2D eigenvalue weighted by atomic mass is 15.1. The summed E-state index contributed by atoms with van der Waals surface area (Å²) >= 11 is 0. The van der Waals surface area contributed by atoms with Crippen LogP contribution in [0.1, 0.15) is 0 Å². The molecule has 11 rings (SSSR count). The van der Waals surface area contributed by atoms with Crippen LogP contribution in [0.15, 0.2) is 243 Å². The lowest BCUT2D eigenvalue weighted by atomic mass is 9.95. The molecule has 0 spiro atoms. The van der Waals surface area contributed by atoms with Gasteiger partial charge in [0.15, 0.2) is 0 Å². The first kappa shape index (κ1) is 35.2. The van der Waals surface area contributed by atoms with E-state index in [1.54, 1.807) is 0 Å². The van der Waals surface area contributed by atoms with E-state index in [9.17, 15) is 0 Å². The van der Waals surface area contributed by atoms with Crippen LogP contribution in [-0.2, 0) is 0 Å². The van der Waals surface area contributed by atoms with Gasteiger partial charge in [-0.3, -0.25) is 0 Å². The normalized spacial score (nSPS) is 11.3. The van der Waals surface area contributed by atoms with Crippen LogP contribution in [0.3, 0.4) is 0 Å². The van der Waals surface area contributed by atoms with E-state index in [0.717, 1.165) is 28.3 Å². The molecule has 60 heavy (non-hydrogen) atoms. The third-order valence-electron chi connectivity index (χ3n) is 11.7. The summed E-state index contributed by atoms with van der Waals surface area (Å²) in [7, 11) is 0. The van der Waals surface area contributed by atoms with Crippen LogP contribution in [0.2, 0.25) is 0 Å². The number of aromatic nitrogens is 1. The third kappa shape index (κ3) is 6.41. The molecule has 1 aromatic heterocycles. The van der Waals surface area contributed by atoms with Crippen molar-refractivity contribution < 1.29 is 0 Å². The maximum absolute atomic E-state index is 2.39. The number of hydrogen-bond donors (Lipinski definition) is 0. The first-order chi connectivity index (χ1) is 29.7. The molecule has 0 aliphatic carbocycles. The Morgan fingerprint density at radius 3 is 1.58 bits per heavy atom. The Bertz CT molecular complexity index is 3310. The lowest BCUT2D eigenvalue weighted by molar-refractivity contribution is 1.18. The Morgan fingerprint density at radius 1 is 0.283 bits per heavy atom. The molecular weight excluding hydrogens is 725 g/mol. The fraction of sp³-hybridized carbons (Fsp3) is 0. The molecular formula is C58H40N2. The quantitative estimate of drug-likeness (QED) is 0.150. The van der Waals surface area contributed by atoms with Crippen molar-refractivity contribution in [3.8, 4) is 50.2 Å². The van der Waals surface area contributed by atoms with Gasteiger partial charge in [-0.25, -0.2) is 0 Å². The molecule has 282 valence electrons. The van der Waals surface area contributed by atoms with Crippen molar-refractivity contribution in [2.75, 3.05) is 4.90 Å². The van der Waals surface area contributed by atoms with E-state index in [2.05, 4.69) is 252 Å². The number of anilines is 3. The average Bonchev–Trinajstić information content (AvgIpc) is 3.67. The van der Waals surface area contributed by atoms with Crippen molar-refractivity contribution in [1.82, 2.24) is 4.57 Å². The second-order valence-electron chi connectivity index (χ2n) is 15.4. The molecule has 10 aromatic carbocycles. The first-order valence-electron chi connectivity index (χ1n) is 20.6. The molecule has 0 bridgehead atoms. The zero-order chi connectivity index (χ0) is 39.8. The van der Waals surface area contributed by atoms with E-state index in [1.165, 1.54) is 71.5 Å². The van der Waals surface area contributed by atoms with Crippen LogP contribution in [0.5, 0.6) is 0 Å². The average molecular weight is 765 g/mol. The minimum Gasteiger partial charge on any atom is -0.310 e. The summed E-state index contributed by atoms with van der Waals surface area (Å²) in [4.78, 5) is 2.38. The molecule has 0 atom stereocenters. The summed E-state index contributed by atoms with van der Waals surface area (Å²) in [5, 5.41) is 4.95. The lowest BCUT2D eigenvalue weighted by Crippen LogP contribution is -2.10. The van der Waals surface area contributed by atoms with Crippen molar-refractivity contribution in [3.05, 3.63) is 243 Å². The van der Waals surface area contributed by atoms with Crippen LogP contribution < -0.4 is 4.90 Å². The Hall–Kier alpha value is -7.94. The van der Waals surface area contributed by atoms with E-state index >= 15 is 0 Å². The minimum atomic E-state index is 1.10. The van der Waals surface area contributed by atoms with Gasteiger partial charge >= 0.3 is 0 Å². The summed E-state index contributed by atoms with van der Waals surface area (Å²) in [6.45, 7) is 0. The topological polar surface area (TPSA) is 8.17 Å². The Morgan fingerprint density at radius 2 is 0.800 bits per heavy atom. The van der Waals surface area contributed by atoms with Gasteiger partial charge in [-0.2, -0.15) is 0 Å². The SMILES string of the molecule is c1ccc(-c2cccc(-c3ccc(N(c4cccc(-c5cccc(-c6cccc7c6c6ccccc6n7-c6ccccc6)c5)c4)c4ccc5ccccc5c4)cc3)c2)cc1. The van der Waals surface area contributed by atoms with Gasteiger partial charge in [-0.15, -0.1) is 0 Å². The van der Waals surface area contributed by atoms with E-state index in [4.69, 9.17) is 0 Å². The standard InChI is InChI=1S/C58H40N2/c1-3-15-41(16-4-1)44-19-11-20-45(37-44)43-31-34-51(35-32-43)59(53-36-33-42-17-7-8-18-47(42)39-53)52-26-13-22-48(40-52)46-21-12-23-49(38-46)54-28-14-30-57-58(54)55-27-9-10-29-56(55)60(57)50-24-5-2-6-25-50/h1-40H. The lowest BCUT2D eigenvalue weighted by Gasteiger charge is -2.26. The Kier molecular flexibility index (Phi) is 8.87. The molecule has 0 unspecified atom stereocenters. The van der Waals surface area contributed by atoms with Gasteiger partial charge in [0.2, 0.25) is 0 Å². The minimum absolute atomic E-state index is 1.10. The van der Waals surface area contributed by atoms with Crippen molar-refractivity contribution in [3.63, 3.8) is 0 Å². The van der Waals surface area contributed by atoms with E-state index in [0.29, 0.717) is 0 Å². The van der Waals surface area contributed by atoms with Gasteiger partial charge in [0.25, 0.3) is 0 Å². The predicted octanol–water partition coefficient (Wildman–Crippen LogP) is 16.1. The molecule has 0 fully saturated rings. The van der Waals surface area contributed by atoms with E-state index in [1.807, 2.05) is 0 Å². The number of fused-ring (bicyclic) bond motifs is 4. The van der Waals surface area contributed by atoms with Crippen LogP contribution >= 0.6 is 0 Å². The van der Waals surface area contributed by atoms with E-state index < -0.39 is 0 Å². The second-order valence-corrected chi connectivity index (χ2v) is 15.4. The van der Waals surface area contributed by atoms with Crippen LogP contribution in [0, 0.1) is 0 Å². The summed E-state index contributed by atoms with van der Waals surface area (Å²) in [5.41, 5.74) is 16.4. The van der Waals surface area contributed by atoms with Gasteiger partial charge in [0.05, 0.1) is 11.0 Å². The fourth-order valence-electron chi connectivity index (χ4n) is 8.88. The molecule has 11 aromatic rings. The molecule has 0 aliphatic heterocycles. The first-order valence-corrected chi connectivity index (χ1v) is 20.6. The number of hydrogen-bond acceptors (Lipinski definition) is 1. The number of benzene rings is 10. The zero-order valence-corrected chi connectivity index (χ0v) is 33.0. The maximum atomic E-state index is 2.39. The van der Waals surface area contributed by atoms with Gasteiger partial charge in [0, 0.05) is 33.5 Å². The summed E-state index contributed by atoms with van der Waals surface area (Å²) in [6.07, 6.45) is 0. The zero-order valence-electron chi connectivity index (χ0n) is 33.0. The van der Waals surface area contributed by atoms with Crippen molar-refractivity contribution >= 4 is 49.6 Å². The van der Waals surface area contributed by atoms with Crippen molar-refractivity contribution in [1.29, 1.82) is 0 Å². The van der Waals surface area contributed by atoms with Gasteiger partial charge in [0.1, 0.15) is 0 Å². The summed E-state index contributed by atoms with van der Waals surface area (Å²) in [6, 6.07) is 87.8. The van der Waals surface area contributed by atoms with Gasteiger partial charge in [-0.1, -0.05) is 170 Å². The van der Waals surface area contributed by atoms with Gasteiger partial charge in [-0.05, 0) is 128 Å². The molecule has 1 heterocycles. The fourth-order valence-corrected chi connectivity index (χ4v) is 8.88. The third-order valence-corrected chi connectivity index (χ3v) is 11.7. The van der Waals surface area contributed by atoms with Crippen molar-refractivity contribution in [2.24, 2.45) is 0 Å². The molecule has 0 amide bonds. The molecule has 2 heteroatoms. The largest absolute Gasteiger partial charge is 0.310 e. The highest BCUT2D eigenvalue weighted by Gasteiger charge is 2.18. The highest BCUT2D eigenvalue weighted by Crippen LogP contribution is 2.42. The van der Waals surface area contributed by atoms with E-state index in [-0.39, 0.29) is 0 Å². The predicted molar refractivity (Wildman–Crippen MR) is 255 cm³/mol. The molecule has 2 nitrogen and oxygen atoms in total. The number of para-hydroxylation sites is 2. The second kappa shape index (κ2) is 15.1. The molecule has 0 N–H and O–H groups in total. The monoisotopic (exact) mass is 764 g/mol. The maximum Gasteiger partial charge on any atom is 0.0547 e. The van der Waals surface area contributed by atoms with Crippen LogP contribution in [0.4, 0.5) is 17.1 Å². The summed E-state index contributed by atoms with van der Waals surface area (Å²) < 4.78 is 2.39. The molecule has 0 aliphatic rings. The molecule has 0 radical (unpaired) electrons. The van der Waals surface area contributed by atoms with Crippen LogP contribution in [0.25, 0.3) is 82.8 Å².